The Bertz CT molecular complexity index is 1180. The fraction of sp³-hybridized carbons (Fsp3) is 0.0833. The number of carbonyl (C=O) groups excluding carboxylic acids is 3. The van der Waals surface area contributed by atoms with E-state index in [-0.39, 0.29) is 17.0 Å². The zero-order valence-electron chi connectivity index (χ0n) is 17.7. The monoisotopic (exact) mass is 446 g/mol. The Hall–Kier alpha value is -4.66. The second-order valence-corrected chi connectivity index (χ2v) is 6.71. The Labute approximate surface area is 190 Å². The molecule has 168 valence electrons. The number of hydrogen-bond donors (Lipinski definition) is 4. The van der Waals surface area contributed by atoms with E-state index in [4.69, 9.17) is 4.74 Å². The lowest BCUT2D eigenvalue weighted by atomic mass is 10.1. The lowest BCUT2D eigenvalue weighted by Gasteiger charge is -2.11. The van der Waals surface area contributed by atoms with Crippen molar-refractivity contribution in [2.45, 2.75) is 6.92 Å². The topological polar surface area (TPSA) is 129 Å². The molecule has 0 unspecified atom stereocenters. The zero-order chi connectivity index (χ0) is 23.6. The summed E-state index contributed by atoms with van der Waals surface area (Å²) in [6.07, 6.45) is 1.28. The lowest BCUT2D eigenvalue weighted by molar-refractivity contribution is -0.136. The largest absolute Gasteiger partial charge is 0.508 e. The molecule has 9 nitrogen and oxygen atoms in total. The minimum absolute atomic E-state index is 0.0446. The molecule has 0 heterocycles. The van der Waals surface area contributed by atoms with Crippen molar-refractivity contribution in [2.75, 3.05) is 17.2 Å². The van der Waals surface area contributed by atoms with Crippen molar-refractivity contribution in [3.8, 4) is 11.5 Å². The number of phenolic OH excluding ortho intramolecular Hbond substituents is 1. The van der Waals surface area contributed by atoms with Crippen LogP contribution in [0.5, 0.6) is 11.5 Å². The van der Waals surface area contributed by atoms with E-state index in [0.717, 1.165) is 0 Å². The molecule has 3 aromatic rings. The molecule has 0 aliphatic rings. The molecule has 3 amide bonds. The molecule has 0 atom stereocenters. The zero-order valence-corrected chi connectivity index (χ0v) is 17.7. The summed E-state index contributed by atoms with van der Waals surface area (Å²) in [5, 5.41) is 18.3. The van der Waals surface area contributed by atoms with Crippen molar-refractivity contribution in [1.82, 2.24) is 5.43 Å². The lowest BCUT2D eigenvalue weighted by Crippen LogP contribution is -2.33. The molecule has 0 aliphatic heterocycles. The first-order valence-electron chi connectivity index (χ1n) is 10.0. The number of ether oxygens (including phenoxy) is 1. The van der Waals surface area contributed by atoms with E-state index in [2.05, 4.69) is 21.2 Å². The highest BCUT2D eigenvalue weighted by Gasteiger charge is 2.17. The van der Waals surface area contributed by atoms with Crippen LogP contribution in [0.3, 0.4) is 0 Å². The highest BCUT2D eigenvalue weighted by Crippen LogP contribution is 2.19. The molecule has 0 fully saturated rings. The van der Waals surface area contributed by atoms with E-state index >= 15 is 0 Å². The van der Waals surface area contributed by atoms with Crippen LogP contribution in [0.4, 0.5) is 11.4 Å². The van der Waals surface area contributed by atoms with Crippen LogP contribution in [-0.4, -0.2) is 35.6 Å². The second kappa shape index (κ2) is 11.1. The van der Waals surface area contributed by atoms with E-state index in [1.54, 1.807) is 48.5 Å². The summed E-state index contributed by atoms with van der Waals surface area (Å²) in [5.41, 5.74) is 3.52. The summed E-state index contributed by atoms with van der Waals surface area (Å²) in [4.78, 5) is 37.0. The molecule has 3 aromatic carbocycles. The number of amides is 3. The van der Waals surface area contributed by atoms with Crippen molar-refractivity contribution in [3.63, 3.8) is 0 Å². The SMILES string of the molecule is CCOc1ccc(NC(=O)c2ccccc2NC(=O)C(=O)NN=Cc2cccc(O)c2)cc1. The molecular weight excluding hydrogens is 424 g/mol. The average molecular weight is 446 g/mol. The van der Waals surface area contributed by atoms with Crippen molar-refractivity contribution in [1.29, 1.82) is 0 Å². The summed E-state index contributed by atoms with van der Waals surface area (Å²) in [6, 6.07) is 19.4. The van der Waals surface area contributed by atoms with Gasteiger partial charge in [-0.05, 0) is 61.0 Å². The summed E-state index contributed by atoms with van der Waals surface area (Å²) in [5.74, 6) is -1.75. The van der Waals surface area contributed by atoms with Crippen molar-refractivity contribution in [2.24, 2.45) is 5.10 Å². The van der Waals surface area contributed by atoms with Gasteiger partial charge in [-0.2, -0.15) is 5.10 Å². The molecule has 0 saturated heterocycles. The number of nitrogens with one attached hydrogen (secondary N) is 3. The smallest absolute Gasteiger partial charge is 0.329 e. The van der Waals surface area contributed by atoms with Crippen molar-refractivity contribution in [3.05, 3.63) is 83.9 Å². The number of nitrogens with zero attached hydrogens (tertiary/aromatic N) is 1. The normalized spacial score (nSPS) is 10.5. The van der Waals surface area contributed by atoms with Crippen LogP contribution in [0.2, 0.25) is 0 Å². The maximum atomic E-state index is 12.7. The number of hydrazone groups is 1. The first-order chi connectivity index (χ1) is 16.0. The van der Waals surface area contributed by atoms with Gasteiger partial charge in [-0.25, -0.2) is 5.43 Å². The quantitative estimate of drug-likeness (QED) is 0.252. The van der Waals surface area contributed by atoms with Gasteiger partial charge >= 0.3 is 11.8 Å². The molecule has 0 aliphatic carbocycles. The van der Waals surface area contributed by atoms with Gasteiger partial charge in [0.1, 0.15) is 11.5 Å². The summed E-state index contributed by atoms with van der Waals surface area (Å²) in [6.45, 7) is 2.41. The Morgan fingerprint density at radius 1 is 0.939 bits per heavy atom. The van der Waals surface area contributed by atoms with Crippen LogP contribution in [0.15, 0.2) is 77.9 Å². The van der Waals surface area contributed by atoms with Gasteiger partial charge in [-0.3, -0.25) is 14.4 Å². The number of carbonyl (C=O) groups is 3. The molecule has 0 radical (unpaired) electrons. The molecular formula is C24H22N4O5. The van der Waals surface area contributed by atoms with E-state index in [1.165, 1.54) is 30.5 Å². The minimum atomic E-state index is -1.02. The first-order valence-corrected chi connectivity index (χ1v) is 10.0. The minimum Gasteiger partial charge on any atom is -0.508 e. The van der Waals surface area contributed by atoms with E-state index in [1.807, 2.05) is 6.92 Å². The Balaban J connectivity index is 1.62. The number of aromatic hydroxyl groups is 1. The third-order valence-electron chi connectivity index (χ3n) is 4.30. The van der Waals surface area contributed by atoms with Crippen LogP contribution in [0.25, 0.3) is 0 Å². The molecule has 33 heavy (non-hydrogen) atoms. The van der Waals surface area contributed by atoms with E-state index < -0.39 is 17.7 Å². The summed E-state index contributed by atoms with van der Waals surface area (Å²) < 4.78 is 5.37. The second-order valence-electron chi connectivity index (χ2n) is 6.71. The van der Waals surface area contributed by atoms with Crippen molar-refractivity contribution < 1.29 is 24.2 Å². The van der Waals surface area contributed by atoms with Gasteiger partial charge in [0, 0.05) is 5.69 Å². The standard InChI is InChI=1S/C24H22N4O5/c1-2-33-19-12-10-17(11-13-19)26-22(30)20-8-3-4-9-21(20)27-23(31)24(32)28-25-15-16-6-5-7-18(29)14-16/h3-15,29H,2H2,1H3,(H,26,30)(H,27,31)(H,28,32). The fourth-order valence-electron chi connectivity index (χ4n) is 2.79. The van der Waals surface area contributed by atoms with Crippen molar-refractivity contribution >= 4 is 35.3 Å². The first kappa shape index (κ1) is 23.0. The Morgan fingerprint density at radius 3 is 2.42 bits per heavy atom. The number of anilines is 2. The predicted molar refractivity (Wildman–Crippen MR) is 124 cm³/mol. The van der Waals surface area contributed by atoms with Crippen LogP contribution < -0.4 is 20.8 Å². The molecule has 9 heteroatoms. The van der Waals surface area contributed by atoms with E-state index in [0.29, 0.717) is 23.6 Å². The van der Waals surface area contributed by atoms with Crippen LogP contribution >= 0.6 is 0 Å². The van der Waals surface area contributed by atoms with Gasteiger partial charge in [-0.1, -0.05) is 24.3 Å². The van der Waals surface area contributed by atoms with Gasteiger partial charge < -0.3 is 20.5 Å². The highest BCUT2D eigenvalue weighted by molar-refractivity contribution is 6.40. The number of phenols is 1. The van der Waals surface area contributed by atoms with Gasteiger partial charge in [0.05, 0.1) is 24.1 Å². The van der Waals surface area contributed by atoms with Crippen LogP contribution in [-0.2, 0) is 9.59 Å². The fourth-order valence-corrected chi connectivity index (χ4v) is 2.79. The predicted octanol–water partition coefficient (Wildman–Crippen LogP) is 3.13. The van der Waals surface area contributed by atoms with E-state index in [9.17, 15) is 19.5 Å². The van der Waals surface area contributed by atoms with Crippen LogP contribution in [0.1, 0.15) is 22.8 Å². The van der Waals surface area contributed by atoms with Crippen LogP contribution in [0, 0.1) is 0 Å². The molecule has 4 N–H and O–H groups in total. The van der Waals surface area contributed by atoms with Gasteiger partial charge in [-0.15, -0.1) is 0 Å². The maximum absolute atomic E-state index is 12.7. The maximum Gasteiger partial charge on any atom is 0.329 e. The highest BCUT2D eigenvalue weighted by atomic mass is 16.5. The Morgan fingerprint density at radius 2 is 1.70 bits per heavy atom. The van der Waals surface area contributed by atoms with Gasteiger partial charge in [0.25, 0.3) is 5.91 Å². The number of benzene rings is 3. The Kier molecular flexibility index (Phi) is 7.74. The summed E-state index contributed by atoms with van der Waals surface area (Å²) >= 11 is 0. The third kappa shape index (κ3) is 6.66. The number of rotatable bonds is 7. The number of hydrogen-bond acceptors (Lipinski definition) is 6. The average Bonchev–Trinajstić information content (AvgIpc) is 2.81. The molecule has 0 aromatic heterocycles. The van der Waals surface area contributed by atoms with Gasteiger partial charge in [0.15, 0.2) is 0 Å². The summed E-state index contributed by atoms with van der Waals surface area (Å²) in [7, 11) is 0. The molecule has 3 rings (SSSR count). The molecule has 0 spiro atoms. The number of para-hydroxylation sites is 1. The molecule has 0 saturated carbocycles. The molecule has 0 bridgehead atoms. The van der Waals surface area contributed by atoms with Gasteiger partial charge in [0.2, 0.25) is 0 Å². The third-order valence-corrected chi connectivity index (χ3v) is 4.30.